The number of carbonyl (C=O) groups is 1. The summed E-state index contributed by atoms with van der Waals surface area (Å²) in [4.78, 5) is 18.3. The first-order chi connectivity index (χ1) is 14.2. The van der Waals surface area contributed by atoms with Gasteiger partial charge in [-0.1, -0.05) is 31.4 Å². The Balaban J connectivity index is 1.46. The number of carbonyl (C=O) groups excluding carboxylic acids is 1. The molecule has 0 N–H and O–H groups in total. The fourth-order valence-electron chi connectivity index (χ4n) is 5.79. The van der Waals surface area contributed by atoms with Gasteiger partial charge in [-0.15, -0.1) is 0 Å². The fraction of sp³-hybridized carbons (Fsp3) is 0.625. The van der Waals surface area contributed by atoms with Crippen molar-refractivity contribution >= 4 is 16.8 Å². The van der Waals surface area contributed by atoms with Gasteiger partial charge in [0.1, 0.15) is 5.75 Å². The normalized spacial score (nSPS) is 23.5. The first-order valence-corrected chi connectivity index (χ1v) is 11.4. The molecule has 2 saturated heterocycles. The quantitative estimate of drug-likeness (QED) is 0.780. The lowest BCUT2D eigenvalue weighted by Crippen LogP contribution is -2.56. The second-order valence-corrected chi connectivity index (χ2v) is 9.14. The maximum atomic E-state index is 13.6. The van der Waals surface area contributed by atoms with Gasteiger partial charge in [0.15, 0.2) is 0 Å². The van der Waals surface area contributed by atoms with E-state index in [1.54, 1.807) is 7.11 Å². The van der Waals surface area contributed by atoms with Crippen LogP contribution in [0.3, 0.4) is 0 Å². The van der Waals surface area contributed by atoms with Crippen LogP contribution in [0.15, 0.2) is 24.4 Å². The Morgan fingerprint density at radius 3 is 2.72 bits per heavy atom. The van der Waals surface area contributed by atoms with Crippen LogP contribution in [0.5, 0.6) is 5.75 Å². The third-order valence-electron chi connectivity index (χ3n) is 7.37. The number of hydrogen-bond donors (Lipinski definition) is 0. The Labute approximate surface area is 173 Å². The fourth-order valence-corrected chi connectivity index (χ4v) is 5.79. The first kappa shape index (κ1) is 19.0. The third kappa shape index (κ3) is 3.54. The van der Waals surface area contributed by atoms with Crippen LogP contribution in [0.25, 0.3) is 10.9 Å². The lowest BCUT2D eigenvalue weighted by atomic mass is 9.99. The average molecular weight is 396 g/mol. The van der Waals surface area contributed by atoms with Crippen molar-refractivity contribution in [2.24, 2.45) is 5.92 Å². The number of ether oxygens (including phenoxy) is 1. The predicted molar refractivity (Wildman–Crippen MR) is 116 cm³/mol. The number of para-hydroxylation sites is 1. The molecule has 0 radical (unpaired) electrons. The molecule has 29 heavy (non-hydrogen) atoms. The lowest BCUT2D eigenvalue weighted by Gasteiger charge is -2.44. The maximum Gasteiger partial charge on any atom is 0.256 e. The first-order valence-electron chi connectivity index (χ1n) is 11.4. The second-order valence-electron chi connectivity index (χ2n) is 9.14. The van der Waals surface area contributed by atoms with Gasteiger partial charge in [-0.2, -0.15) is 0 Å². The van der Waals surface area contributed by atoms with Crippen molar-refractivity contribution in [3.05, 3.63) is 30.0 Å². The molecule has 0 spiro atoms. The number of piperidine rings is 1. The van der Waals surface area contributed by atoms with Gasteiger partial charge < -0.3 is 14.2 Å². The molecule has 5 nitrogen and oxygen atoms in total. The molecule has 2 aromatic rings. The highest BCUT2D eigenvalue weighted by molar-refractivity contribution is 6.08. The van der Waals surface area contributed by atoms with E-state index >= 15 is 0 Å². The number of benzene rings is 1. The summed E-state index contributed by atoms with van der Waals surface area (Å²) < 4.78 is 7.99. The number of aromatic nitrogens is 1. The van der Waals surface area contributed by atoms with Crippen molar-refractivity contribution in [3.8, 4) is 5.75 Å². The summed E-state index contributed by atoms with van der Waals surface area (Å²) >= 11 is 0. The Kier molecular flexibility index (Phi) is 5.25. The zero-order valence-electron chi connectivity index (χ0n) is 17.6. The van der Waals surface area contributed by atoms with Gasteiger partial charge in [-0.05, 0) is 44.2 Å². The van der Waals surface area contributed by atoms with E-state index in [4.69, 9.17) is 4.74 Å². The van der Waals surface area contributed by atoms with Crippen LogP contribution < -0.4 is 4.74 Å². The van der Waals surface area contributed by atoms with Crippen LogP contribution in [0, 0.1) is 5.92 Å². The Morgan fingerprint density at radius 2 is 1.90 bits per heavy atom. The minimum absolute atomic E-state index is 0.193. The highest BCUT2D eigenvalue weighted by Crippen LogP contribution is 2.34. The van der Waals surface area contributed by atoms with Crippen LogP contribution in [0.2, 0.25) is 0 Å². The minimum Gasteiger partial charge on any atom is -0.495 e. The molecule has 3 aliphatic rings. The number of amides is 1. The highest BCUT2D eigenvalue weighted by Gasteiger charge is 2.32. The van der Waals surface area contributed by atoms with Gasteiger partial charge in [0.25, 0.3) is 5.91 Å². The van der Waals surface area contributed by atoms with Gasteiger partial charge >= 0.3 is 0 Å². The number of methoxy groups -OCH3 is 1. The van der Waals surface area contributed by atoms with Crippen LogP contribution in [0.4, 0.5) is 0 Å². The largest absolute Gasteiger partial charge is 0.495 e. The van der Waals surface area contributed by atoms with E-state index in [2.05, 4.69) is 26.6 Å². The summed E-state index contributed by atoms with van der Waals surface area (Å²) in [5.41, 5.74) is 1.93. The molecule has 0 bridgehead atoms. The molecule has 2 aliphatic heterocycles. The van der Waals surface area contributed by atoms with Crippen LogP contribution in [-0.2, 0) is 6.54 Å². The van der Waals surface area contributed by atoms with E-state index in [0.29, 0.717) is 12.0 Å². The number of hydrogen-bond acceptors (Lipinski definition) is 3. The summed E-state index contributed by atoms with van der Waals surface area (Å²) in [5.74, 6) is 1.78. The standard InChI is InChI=1S/C24H33N3O2/c1-29-22-11-6-10-20-21(17-27(23(20)22)15-18-7-2-3-8-18)24(28)26-14-13-25-12-5-4-9-19(25)16-26/h6,10-11,17-19H,2-5,7-9,12-16H2,1H3. The van der Waals surface area contributed by atoms with Gasteiger partial charge in [-0.25, -0.2) is 0 Å². The molecule has 1 aromatic carbocycles. The highest BCUT2D eigenvalue weighted by atomic mass is 16.5. The van der Waals surface area contributed by atoms with E-state index < -0.39 is 0 Å². The van der Waals surface area contributed by atoms with E-state index in [1.807, 2.05) is 12.1 Å². The molecule has 1 aliphatic carbocycles. The van der Waals surface area contributed by atoms with Gasteiger partial charge in [-0.3, -0.25) is 9.69 Å². The zero-order valence-corrected chi connectivity index (χ0v) is 17.6. The maximum absolute atomic E-state index is 13.6. The zero-order chi connectivity index (χ0) is 19.8. The molecule has 1 unspecified atom stereocenters. The SMILES string of the molecule is COc1cccc2c(C(=O)N3CCN4CCCCC4C3)cn(CC3CCCC3)c12. The van der Waals surface area contributed by atoms with Crippen molar-refractivity contribution < 1.29 is 9.53 Å². The monoisotopic (exact) mass is 395 g/mol. The van der Waals surface area contributed by atoms with E-state index in [1.165, 1.54) is 51.5 Å². The van der Waals surface area contributed by atoms with Crippen molar-refractivity contribution in [1.29, 1.82) is 0 Å². The Hall–Kier alpha value is -2.01. The predicted octanol–water partition coefficient (Wildman–Crippen LogP) is 4.15. The molecule has 3 fully saturated rings. The number of piperazine rings is 1. The molecule has 1 saturated carbocycles. The Bertz CT molecular complexity index is 884. The van der Waals surface area contributed by atoms with Crippen molar-refractivity contribution in [1.82, 2.24) is 14.4 Å². The number of nitrogens with zero attached hydrogens (tertiary/aromatic N) is 3. The molecule has 3 heterocycles. The van der Waals surface area contributed by atoms with Gasteiger partial charge in [0.05, 0.1) is 18.2 Å². The molecule has 5 rings (SSSR count). The minimum atomic E-state index is 0.193. The van der Waals surface area contributed by atoms with Gasteiger partial charge in [0.2, 0.25) is 0 Å². The summed E-state index contributed by atoms with van der Waals surface area (Å²) in [6.07, 6.45) is 11.2. The third-order valence-corrected chi connectivity index (χ3v) is 7.37. The van der Waals surface area contributed by atoms with E-state index in [9.17, 15) is 4.79 Å². The number of fused-ring (bicyclic) bond motifs is 2. The summed E-state index contributed by atoms with van der Waals surface area (Å²) in [7, 11) is 1.73. The molecule has 1 aromatic heterocycles. The van der Waals surface area contributed by atoms with E-state index in [-0.39, 0.29) is 5.91 Å². The van der Waals surface area contributed by atoms with Crippen molar-refractivity contribution in [2.75, 3.05) is 33.3 Å². The molecular formula is C24H33N3O2. The topological polar surface area (TPSA) is 37.7 Å². The Morgan fingerprint density at radius 1 is 1.07 bits per heavy atom. The van der Waals surface area contributed by atoms with E-state index in [0.717, 1.165) is 48.4 Å². The summed E-state index contributed by atoms with van der Waals surface area (Å²) in [6, 6.07) is 6.66. The molecular weight excluding hydrogens is 362 g/mol. The molecule has 1 amide bonds. The average Bonchev–Trinajstić information content (AvgIpc) is 3.41. The number of rotatable bonds is 4. The molecule has 1 atom stereocenters. The molecule has 156 valence electrons. The van der Waals surface area contributed by atoms with Crippen molar-refractivity contribution in [3.63, 3.8) is 0 Å². The lowest BCUT2D eigenvalue weighted by molar-refractivity contribution is 0.0374. The molecule has 5 heteroatoms. The van der Waals surface area contributed by atoms with Gasteiger partial charge in [0, 0.05) is 43.8 Å². The summed E-state index contributed by atoms with van der Waals surface area (Å²) in [5, 5.41) is 1.04. The van der Waals surface area contributed by atoms with Crippen LogP contribution in [0.1, 0.15) is 55.3 Å². The second kappa shape index (κ2) is 8.02. The van der Waals surface area contributed by atoms with Crippen LogP contribution >= 0.6 is 0 Å². The van der Waals surface area contributed by atoms with Crippen LogP contribution in [-0.4, -0.2) is 59.6 Å². The van der Waals surface area contributed by atoms with Crippen molar-refractivity contribution in [2.45, 2.75) is 57.5 Å². The summed E-state index contributed by atoms with van der Waals surface area (Å²) in [6.45, 7) is 4.91. The smallest absolute Gasteiger partial charge is 0.256 e.